The van der Waals surface area contributed by atoms with E-state index in [1.165, 1.54) is 0 Å². The molecule has 2 rings (SSSR count). The van der Waals surface area contributed by atoms with Crippen molar-refractivity contribution in [2.24, 2.45) is 5.10 Å². The van der Waals surface area contributed by atoms with Crippen LogP contribution in [0, 0.1) is 0 Å². The van der Waals surface area contributed by atoms with E-state index in [9.17, 15) is 0 Å². The molecule has 1 atom stereocenters. The molecule has 0 radical (unpaired) electrons. The molecule has 0 saturated carbocycles. The van der Waals surface area contributed by atoms with Gasteiger partial charge in [0.05, 0.1) is 5.38 Å². The topological polar surface area (TPSA) is 43.1 Å². The monoisotopic (exact) mass is 216 g/mol. The Labute approximate surface area is 85.4 Å². The van der Waals surface area contributed by atoms with Gasteiger partial charge < -0.3 is 0 Å². The second kappa shape index (κ2) is 3.31. The molecule has 0 fully saturated rings. The summed E-state index contributed by atoms with van der Waals surface area (Å²) >= 11 is 7.56. The summed E-state index contributed by atoms with van der Waals surface area (Å²) in [5, 5.41) is 13.0. The highest BCUT2D eigenvalue weighted by Gasteiger charge is 2.19. The van der Waals surface area contributed by atoms with Gasteiger partial charge in [0.1, 0.15) is 0 Å². The highest BCUT2D eigenvalue weighted by molar-refractivity contribution is 7.99. The highest BCUT2D eigenvalue weighted by Crippen LogP contribution is 2.26. The number of nitrogens with zero attached hydrogens (tertiary/aromatic N) is 4. The highest BCUT2D eigenvalue weighted by atomic mass is 35.5. The molecule has 1 aromatic heterocycles. The minimum Gasteiger partial charge on any atom is -0.190 e. The lowest BCUT2D eigenvalue weighted by Crippen LogP contribution is -2.10. The number of thioether (sulfide) groups is 1. The molecule has 6 heteroatoms. The van der Waals surface area contributed by atoms with Crippen molar-refractivity contribution in [2.75, 3.05) is 5.75 Å². The summed E-state index contributed by atoms with van der Waals surface area (Å²) in [7, 11) is 0. The van der Waals surface area contributed by atoms with Crippen LogP contribution in [0.15, 0.2) is 10.3 Å². The molecule has 0 bridgehead atoms. The van der Waals surface area contributed by atoms with Crippen molar-refractivity contribution < 1.29 is 0 Å². The van der Waals surface area contributed by atoms with Gasteiger partial charge in [-0.1, -0.05) is 11.8 Å². The molecule has 2 heterocycles. The Morgan fingerprint density at radius 1 is 1.54 bits per heavy atom. The van der Waals surface area contributed by atoms with Gasteiger partial charge in [-0.25, -0.2) is 0 Å². The predicted molar refractivity (Wildman–Crippen MR) is 53.5 cm³/mol. The number of hydrogen-bond donors (Lipinski definition) is 0. The third-order valence-electron chi connectivity index (χ3n) is 1.67. The minimum absolute atomic E-state index is 0.156. The van der Waals surface area contributed by atoms with Crippen molar-refractivity contribution in [1.82, 2.24) is 14.9 Å². The van der Waals surface area contributed by atoms with E-state index >= 15 is 0 Å². The van der Waals surface area contributed by atoms with Gasteiger partial charge in [-0.15, -0.1) is 21.8 Å². The van der Waals surface area contributed by atoms with Crippen molar-refractivity contribution in [2.45, 2.75) is 24.4 Å². The molecule has 0 amide bonds. The maximum Gasteiger partial charge on any atom is 0.212 e. The fraction of sp³-hybridized carbons (Fsp3) is 0.571. The van der Waals surface area contributed by atoms with E-state index in [0.29, 0.717) is 5.82 Å². The first-order valence-corrected chi connectivity index (χ1v) is 5.37. The standard InChI is InChI=1S/C7H9ClN4S/c1-4-3-13-7-10-9-6(5(2)8)12(7)11-4/h5H,3H2,1-2H3. The molecule has 1 aliphatic rings. The molecular weight excluding hydrogens is 208 g/mol. The Kier molecular flexibility index (Phi) is 2.29. The number of fused-ring (bicyclic) bond motifs is 1. The van der Waals surface area contributed by atoms with Gasteiger partial charge in [0.2, 0.25) is 5.16 Å². The number of rotatable bonds is 1. The van der Waals surface area contributed by atoms with Gasteiger partial charge in [0.25, 0.3) is 0 Å². The van der Waals surface area contributed by atoms with E-state index < -0.39 is 0 Å². The zero-order valence-corrected chi connectivity index (χ0v) is 8.93. The first-order chi connectivity index (χ1) is 6.18. The smallest absolute Gasteiger partial charge is 0.190 e. The molecular formula is C7H9ClN4S. The minimum atomic E-state index is -0.156. The second-order valence-electron chi connectivity index (χ2n) is 2.89. The SMILES string of the molecule is CC1=Nn2c(nnc2C(C)Cl)SC1. The summed E-state index contributed by atoms with van der Waals surface area (Å²) in [6, 6.07) is 0. The van der Waals surface area contributed by atoms with Crippen LogP contribution in [0.25, 0.3) is 0 Å². The largest absolute Gasteiger partial charge is 0.212 e. The lowest BCUT2D eigenvalue weighted by Gasteiger charge is -2.10. The van der Waals surface area contributed by atoms with Gasteiger partial charge >= 0.3 is 0 Å². The number of alkyl halides is 1. The van der Waals surface area contributed by atoms with Gasteiger partial charge in [-0.05, 0) is 13.8 Å². The van der Waals surface area contributed by atoms with Crippen molar-refractivity contribution in [3.63, 3.8) is 0 Å². The number of hydrogen-bond acceptors (Lipinski definition) is 4. The molecule has 0 aliphatic carbocycles. The normalized spacial score (nSPS) is 17.9. The van der Waals surface area contributed by atoms with Crippen molar-refractivity contribution >= 4 is 29.1 Å². The molecule has 4 nitrogen and oxygen atoms in total. The summed E-state index contributed by atoms with van der Waals surface area (Å²) < 4.78 is 1.72. The van der Waals surface area contributed by atoms with E-state index in [4.69, 9.17) is 11.6 Å². The van der Waals surface area contributed by atoms with Crippen molar-refractivity contribution in [3.05, 3.63) is 5.82 Å². The van der Waals surface area contributed by atoms with Crippen LogP contribution < -0.4 is 0 Å². The van der Waals surface area contributed by atoms with Crippen LogP contribution in [-0.4, -0.2) is 26.3 Å². The van der Waals surface area contributed by atoms with Gasteiger partial charge in [-0.2, -0.15) is 9.78 Å². The Balaban J connectivity index is 2.49. The van der Waals surface area contributed by atoms with Crippen LogP contribution in [0.1, 0.15) is 25.0 Å². The lowest BCUT2D eigenvalue weighted by molar-refractivity contribution is 0.706. The van der Waals surface area contributed by atoms with E-state index in [1.54, 1.807) is 16.4 Å². The second-order valence-corrected chi connectivity index (χ2v) is 4.49. The average molecular weight is 217 g/mol. The molecule has 1 aromatic rings. The van der Waals surface area contributed by atoms with Crippen LogP contribution in [0.3, 0.4) is 0 Å². The molecule has 13 heavy (non-hydrogen) atoms. The molecule has 0 N–H and O–H groups in total. The number of halogens is 1. The molecule has 0 saturated heterocycles. The summed E-state index contributed by atoms with van der Waals surface area (Å²) in [6.07, 6.45) is 0. The zero-order chi connectivity index (χ0) is 9.42. The fourth-order valence-corrected chi connectivity index (χ4v) is 1.96. The quantitative estimate of drug-likeness (QED) is 0.674. The van der Waals surface area contributed by atoms with Crippen LogP contribution in [0.4, 0.5) is 0 Å². The Morgan fingerprint density at radius 2 is 2.31 bits per heavy atom. The van der Waals surface area contributed by atoms with E-state index in [-0.39, 0.29) is 5.38 Å². The van der Waals surface area contributed by atoms with Gasteiger partial charge in [0.15, 0.2) is 5.82 Å². The third kappa shape index (κ3) is 1.58. The van der Waals surface area contributed by atoms with E-state index in [0.717, 1.165) is 16.6 Å². The van der Waals surface area contributed by atoms with Gasteiger partial charge in [-0.3, -0.25) is 0 Å². The van der Waals surface area contributed by atoms with E-state index in [2.05, 4.69) is 15.3 Å². The van der Waals surface area contributed by atoms with Crippen molar-refractivity contribution in [1.29, 1.82) is 0 Å². The maximum atomic E-state index is 5.93. The first kappa shape index (κ1) is 9.02. The summed E-state index contributed by atoms with van der Waals surface area (Å²) in [5.74, 6) is 1.60. The first-order valence-electron chi connectivity index (χ1n) is 3.95. The average Bonchev–Trinajstić information content (AvgIpc) is 2.46. The summed E-state index contributed by atoms with van der Waals surface area (Å²) in [6.45, 7) is 3.85. The Morgan fingerprint density at radius 3 is 3.00 bits per heavy atom. The van der Waals surface area contributed by atoms with Gasteiger partial charge in [0, 0.05) is 11.5 Å². The molecule has 0 spiro atoms. The number of aromatic nitrogens is 3. The third-order valence-corrected chi connectivity index (χ3v) is 2.94. The van der Waals surface area contributed by atoms with E-state index in [1.807, 2.05) is 13.8 Å². The van der Waals surface area contributed by atoms with Crippen LogP contribution in [0.2, 0.25) is 0 Å². The van der Waals surface area contributed by atoms with Crippen LogP contribution in [-0.2, 0) is 0 Å². The summed E-state index contributed by atoms with van der Waals surface area (Å²) in [5.41, 5.74) is 1.07. The Bertz CT molecular complexity index is 357. The Hall–Kier alpha value is -0.550. The molecule has 1 aliphatic heterocycles. The maximum absolute atomic E-state index is 5.93. The fourth-order valence-electron chi connectivity index (χ4n) is 1.08. The molecule has 70 valence electrons. The zero-order valence-electron chi connectivity index (χ0n) is 7.36. The predicted octanol–water partition coefficient (Wildman–Crippen LogP) is 1.91. The lowest BCUT2D eigenvalue weighted by atomic mass is 10.4. The van der Waals surface area contributed by atoms with Crippen LogP contribution >= 0.6 is 23.4 Å². The van der Waals surface area contributed by atoms with Crippen molar-refractivity contribution in [3.8, 4) is 0 Å². The molecule has 1 unspecified atom stereocenters. The van der Waals surface area contributed by atoms with Crippen LogP contribution in [0.5, 0.6) is 0 Å². The molecule has 0 aromatic carbocycles. The summed E-state index contributed by atoms with van der Waals surface area (Å²) in [4.78, 5) is 0.